The van der Waals surface area contributed by atoms with Gasteiger partial charge < -0.3 is 9.47 Å². The number of rotatable bonds is 1. The maximum atomic E-state index is 12.1. The molecule has 0 bridgehead atoms. The Kier molecular flexibility index (Phi) is 2.98. The van der Waals surface area contributed by atoms with Crippen molar-refractivity contribution >= 4 is 11.9 Å². The van der Waals surface area contributed by atoms with Crippen LogP contribution in [0.3, 0.4) is 0 Å². The van der Waals surface area contributed by atoms with Gasteiger partial charge >= 0.3 is 0 Å². The van der Waals surface area contributed by atoms with Gasteiger partial charge in [0.1, 0.15) is 0 Å². The summed E-state index contributed by atoms with van der Waals surface area (Å²) in [5.41, 5.74) is 1.21. The number of carbonyl (C=O) groups is 1. The lowest BCUT2D eigenvalue weighted by atomic mass is 9.74. The highest BCUT2D eigenvalue weighted by Crippen LogP contribution is 2.37. The molecule has 20 heavy (non-hydrogen) atoms. The minimum atomic E-state index is -0.511. The Morgan fingerprint density at radius 1 is 1.35 bits per heavy atom. The van der Waals surface area contributed by atoms with Crippen LogP contribution < -0.4 is 9.47 Å². The molecular formula is C16H15NO3. The smallest absolute Gasteiger partial charge is 0.231 e. The summed E-state index contributed by atoms with van der Waals surface area (Å²) in [6, 6.07) is 7.88. The maximum absolute atomic E-state index is 12.1. The number of nitriles is 1. The van der Waals surface area contributed by atoms with Crippen LogP contribution in [0.5, 0.6) is 11.5 Å². The summed E-state index contributed by atoms with van der Waals surface area (Å²) in [4.78, 5) is 12.1. The predicted molar refractivity (Wildman–Crippen MR) is 73.1 cm³/mol. The second kappa shape index (κ2) is 4.68. The number of ketones is 1. The van der Waals surface area contributed by atoms with E-state index in [0.717, 1.165) is 23.3 Å². The highest BCUT2D eigenvalue weighted by molar-refractivity contribution is 6.00. The van der Waals surface area contributed by atoms with Crippen molar-refractivity contribution in [2.75, 3.05) is 6.79 Å². The number of carbonyl (C=O) groups excluding carboxylic acids is 1. The Morgan fingerprint density at radius 3 is 2.90 bits per heavy atom. The van der Waals surface area contributed by atoms with Gasteiger partial charge in [-0.05, 0) is 49.1 Å². The number of hydrogen-bond donors (Lipinski definition) is 0. The first-order chi connectivity index (χ1) is 9.59. The fourth-order valence-corrected chi connectivity index (χ4v) is 2.56. The van der Waals surface area contributed by atoms with Crippen molar-refractivity contribution in [2.24, 2.45) is 5.41 Å². The Morgan fingerprint density at radius 2 is 2.15 bits per heavy atom. The van der Waals surface area contributed by atoms with Crippen LogP contribution in [0.2, 0.25) is 0 Å². The van der Waals surface area contributed by atoms with Crippen LogP contribution in [0.1, 0.15) is 31.7 Å². The number of nitrogens with zero attached hydrogens (tertiary/aromatic N) is 1. The van der Waals surface area contributed by atoms with Crippen LogP contribution in [-0.4, -0.2) is 12.6 Å². The van der Waals surface area contributed by atoms with E-state index in [1.807, 2.05) is 31.2 Å². The van der Waals surface area contributed by atoms with Gasteiger partial charge in [-0.15, -0.1) is 0 Å². The summed E-state index contributed by atoms with van der Waals surface area (Å²) in [6.45, 7) is 2.09. The third-order valence-electron chi connectivity index (χ3n) is 3.86. The molecular weight excluding hydrogens is 254 g/mol. The average Bonchev–Trinajstić information content (AvgIpc) is 2.90. The summed E-state index contributed by atoms with van der Waals surface area (Å²) in [5, 5.41) is 9.10. The van der Waals surface area contributed by atoms with Gasteiger partial charge in [0.2, 0.25) is 6.79 Å². The molecule has 0 saturated heterocycles. The zero-order valence-electron chi connectivity index (χ0n) is 11.3. The van der Waals surface area contributed by atoms with Crippen molar-refractivity contribution in [3.05, 3.63) is 29.3 Å². The lowest BCUT2D eigenvalue weighted by Gasteiger charge is -2.26. The Bertz CT molecular complexity index is 642. The summed E-state index contributed by atoms with van der Waals surface area (Å²) in [6.07, 6.45) is 3.57. The van der Waals surface area contributed by atoms with Crippen molar-refractivity contribution < 1.29 is 14.3 Å². The lowest BCUT2D eigenvalue weighted by molar-refractivity contribution is -0.118. The van der Waals surface area contributed by atoms with E-state index in [1.54, 1.807) is 0 Å². The molecule has 1 aliphatic heterocycles. The molecule has 1 heterocycles. The van der Waals surface area contributed by atoms with Crippen LogP contribution in [-0.2, 0) is 4.79 Å². The molecule has 1 aromatic carbocycles. The Balaban J connectivity index is 1.83. The summed E-state index contributed by atoms with van der Waals surface area (Å²) < 4.78 is 10.6. The third kappa shape index (κ3) is 2.27. The average molecular weight is 269 g/mol. The van der Waals surface area contributed by atoms with Crippen molar-refractivity contribution in [2.45, 2.75) is 26.2 Å². The van der Waals surface area contributed by atoms with Gasteiger partial charge in [0, 0.05) is 6.42 Å². The van der Waals surface area contributed by atoms with Crippen LogP contribution >= 0.6 is 0 Å². The van der Waals surface area contributed by atoms with Crippen molar-refractivity contribution in [1.82, 2.24) is 0 Å². The SMILES string of the molecule is CC1(C#N)CCC(=Cc2ccc3c(c2)OCO3)C(=O)C1. The molecule has 4 heteroatoms. The summed E-state index contributed by atoms with van der Waals surface area (Å²) >= 11 is 0. The zero-order valence-corrected chi connectivity index (χ0v) is 11.3. The molecule has 1 unspecified atom stereocenters. The number of allylic oxidation sites excluding steroid dienone is 1. The third-order valence-corrected chi connectivity index (χ3v) is 3.86. The Hall–Kier alpha value is -2.28. The predicted octanol–water partition coefficient (Wildman–Crippen LogP) is 3.08. The molecule has 1 fully saturated rings. The molecule has 1 saturated carbocycles. The molecule has 0 N–H and O–H groups in total. The topological polar surface area (TPSA) is 59.3 Å². The highest BCUT2D eigenvalue weighted by Gasteiger charge is 2.33. The fraction of sp³-hybridized carbons (Fsp3) is 0.375. The quantitative estimate of drug-likeness (QED) is 0.735. The highest BCUT2D eigenvalue weighted by atomic mass is 16.7. The number of benzene rings is 1. The molecule has 0 aromatic heterocycles. The summed E-state index contributed by atoms with van der Waals surface area (Å²) in [7, 11) is 0. The zero-order chi connectivity index (χ0) is 14.2. The molecule has 1 atom stereocenters. The second-order valence-corrected chi connectivity index (χ2v) is 5.55. The normalized spacial score (nSPS) is 26.6. The molecule has 4 nitrogen and oxygen atoms in total. The number of ether oxygens (including phenoxy) is 2. The van der Waals surface area contributed by atoms with Crippen LogP contribution in [0.4, 0.5) is 0 Å². The summed E-state index contributed by atoms with van der Waals surface area (Å²) in [5.74, 6) is 1.52. The van der Waals surface area contributed by atoms with E-state index in [0.29, 0.717) is 18.6 Å². The second-order valence-electron chi connectivity index (χ2n) is 5.55. The van der Waals surface area contributed by atoms with Crippen molar-refractivity contribution in [3.63, 3.8) is 0 Å². The number of fused-ring (bicyclic) bond motifs is 1. The standard InChI is InChI=1S/C16H15NO3/c1-16(9-17)5-4-12(13(18)8-16)6-11-2-3-14-15(7-11)20-10-19-14/h2-3,6-7H,4-5,8,10H2,1H3. The van der Waals surface area contributed by atoms with E-state index < -0.39 is 5.41 Å². The maximum Gasteiger partial charge on any atom is 0.231 e. The fourth-order valence-electron chi connectivity index (χ4n) is 2.56. The van der Waals surface area contributed by atoms with E-state index in [4.69, 9.17) is 14.7 Å². The monoisotopic (exact) mass is 269 g/mol. The van der Waals surface area contributed by atoms with Crippen molar-refractivity contribution in [3.8, 4) is 17.6 Å². The first-order valence-electron chi connectivity index (χ1n) is 6.64. The van der Waals surface area contributed by atoms with Gasteiger partial charge in [-0.25, -0.2) is 0 Å². The molecule has 0 amide bonds. The van der Waals surface area contributed by atoms with Crippen molar-refractivity contribution in [1.29, 1.82) is 5.26 Å². The van der Waals surface area contributed by atoms with E-state index in [9.17, 15) is 4.79 Å². The lowest BCUT2D eigenvalue weighted by Crippen LogP contribution is -2.25. The largest absolute Gasteiger partial charge is 0.454 e. The van der Waals surface area contributed by atoms with Gasteiger partial charge in [0.25, 0.3) is 0 Å². The van der Waals surface area contributed by atoms with Crippen LogP contribution in [0, 0.1) is 16.7 Å². The number of hydrogen-bond acceptors (Lipinski definition) is 4. The van der Waals surface area contributed by atoms with Gasteiger partial charge in [-0.2, -0.15) is 5.26 Å². The molecule has 0 spiro atoms. The molecule has 102 valence electrons. The molecule has 1 aliphatic carbocycles. The van der Waals surface area contributed by atoms with E-state index >= 15 is 0 Å². The van der Waals surface area contributed by atoms with Gasteiger partial charge in [-0.1, -0.05) is 6.07 Å². The van der Waals surface area contributed by atoms with Gasteiger partial charge in [-0.3, -0.25) is 4.79 Å². The minimum Gasteiger partial charge on any atom is -0.454 e. The molecule has 1 aromatic rings. The van der Waals surface area contributed by atoms with E-state index in [1.165, 1.54) is 0 Å². The minimum absolute atomic E-state index is 0.0676. The Labute approximate surface area is 117 Å². The molecule has 2 aliphatic rings. The number of Topliss-reactive ketones (excluding diaryl/α,β-unsaturated/α-hetero) is 1. The van der Waals surface area contributed by atoms with Gasteiger partial charge in [0.05, 0.1) is 11.5 Å². The first-order valence-corrected chi connectivity index (χ1v) is 6.64. The van der Waals surface area contributed by atoms with E-state index in [-0.39, 0.29) is 12.6 Å². The van der Waals surface area contributed by atoms with E-state index in [2.05, 4.69) is 6.07 Å². The molecule has 0 radical (unpaired) electrons. The van der Waals surface area contributed by atoms with Gasteiger partial charge in [0.15, 0.2) is 17.3 Å². The van der Waals surface area contributed by atoms with Crippen LogP contribution in [0.25, 0.3) is 6.08 Å². The van der Waals surface area contributed by atoms with Crippen LogP contribution in [0.15, 0.2) is 23.8 Å². The first kappa shape index (κ1) is 12.7. The molecule has 3 rings (SSSR count).